The molecule has 0 unspecified atom stereocenters. The number of carbonyl (C=O) groups excluding carboxylic acids is 2. The van der Waals surface area contributed by atoms with Crippen LogP contribution in [0, 0.1) is 11.6 Å². The van der Waals surface area contributed by atoms with Crippen molar-refractivity contribution in [2.75, 3.05) is 18.4 Å². The molecule has 3 aromatic rings. The molecule has 1 heterocycles. The Morgan fingerprint density at radius 3 is 2.60 bits per heavy atom. The molecule has 0 atom stereocenters. The second kappa shape index (κ2) is 11.7. The number of benzene rings is 2. The summed E-state index contributed by atoms with van der Waals surface area (Å²) in [5.41, 5.74) is 6.00. The van der Waals surface area contributed by atoms with Crippen LogP contribution in [0.1, 0.15) is 38.7 Å². The Hall–Kier alpha value is -3.64. The van der Waals surface area contributed by atoms with Crippen molar-refractivity contribution in [2.45, 2.75) is 19.5 Å². The van der Waals surface area contributed by atoms with E-state index in [1.54, 1.807) is 0 Å². The van der Waals surface area contributed by atoms with Crippen LogP contribution in [0.2, 0.25) is 5.02 Å². The van der Waals surface area contributed by atoms with E-state index in [0.29, 0.717) is 25.2 Å². The Balaban J connectivity index is 1.65. The van der Waals surface area contributed by atoms with Crippen molar-refractivity contribution in [2.24, 2.45) is 5.73 Å². The Morgan fingerprint density at radius 1 is 1.14 bits per heavy atom. The Morgan fingerprint density at radius 2 is 1.91 bits per heavy atom. The van der Waals surface area contributed by atoms with Gasteiger partial charge in [-0.15, -0.1) is 0 Å². The highest BCUT2D eigenvalue weighted by Crippen LogP contribution is 2.26. The number of anilines is 1. The van der Waals surface area contributed by atoms with Gasteiger partial charge < -0.3 is 26.1 Å². The zero-order valence-corrected chi connectivity index (χ0v) is 18.8. The summed E-state index contributed by atoms with van der Waals surface area (Å²) in [6.07, 6.45) is 1.66. The monoisotopic (exact) mass is 513 g/mol. The largest absolute Gasteiger partial charge is 0.432 e. The molecule has 35 heavy (non-hydrogen) atoms. The van der Waals surface area contributed by atoms with E-state index in [-0.39, 0.29) is 40.0 Å². The first-order valence-corrected chi connectivity index (χ1v) is 10.6. The summed E-state index contributed by atoms with van der Waals surface area (Å²) in [5.74, 6) is -4.98. The standard InChI is InChI=1S/C22H20ClF4N5O3/c23-15-9-12(3-4-14(15)20(33)29-7-1-6-28)32-21(34)19-30-10-13(31-19)8-11-2-5-16(35-22(26)27)18(25)17(11)24/h2-5,9-10,22H,1,6-8,28H2,(H,29,33)(H,30,31)(H,32,34). The fourth-order valence-electron chi connectivity index (χ4n) is 3.03. The van der Waals surface area contributed by atoms with Crippen LogP contribution in [-0.4, -0.2) is 41.5 Å². The molecule has 2 amide bonds. The van der Waals surface area contributed by atoms with Gasteiger partial charge in [-0.3, -0.25) is 9.59 Å². The number of aromatic amines is 1. The van der Waals surface area contributed by atoms with E-state index in [2.05, 4.69) is 25.3 Å². The van der Waals surface area contributed by atoms with Gasteiger partial charge in [0.05, 0.1) is 10.6 Å². The Labute approximate surface area is 201 Å². The molecule has 0 bridgehead atoms. The predicted octanol–water partition coefficient (Wildman–Crippen LogP) is 3.86. The zero-order valence-electron chi connectivity index (χ0n) is 18.0. The van der Waals surface area contributed by atoms with Gasteiger partial charge in [0.2, 0.25) is 5.82 Å². The molecule has 0 saturated carbocycles. The normalized spacial score (nSPS) is 10.9. The fourth-order valence-corrected chi connectivity index (χ4v) is 3.30. The van der Waals surface area contributed by atoms with E-state index in [9.17, 15) is 27.2 Å². The lowest BCUT2D eigenvalue weighted by atomic mass is 10.1. The predicted molar refractivity (Wildman–Crippen MR) is 120 cm³/mol. The van der Waals surface area contributed by atoms with Crippen molar-refractivity contribution in [3.8, 4) is 5.75 Å². The topological polar surface area (TPSA) is 122 Å². The highest BCUT2D eigenvalue weighted by molar-refractivity contribution is 6.34. The molecule has 8 nitrogen and oxygen atoms in total. The summed E-state index contributed by atoms with van der Waals surface area (Å²) in [6, 6.07) is 6.29. The first-order valence-electron chi connectivity index (χ1n) is 10.2. The van der Waals surface area contributed by atoms with Crippen LogP contribution in [0.5, 0.6) is 5.75 Å². The van der Waals surface area contributed by atoms with E-state index in [1.165, 1.54) is 24.4 Å². The van der Waals surface area contributed by atoms with Crippen LogP contribution < -0.4 is 21.1 Å². The van der Waals surface area contributed by atoms with Gasteiger partial charge in [0, 0.05) is 30.5 Å². The molecule has 5 N–H and O–H groups in total. The summed E-state index contributed by atoms with van der Waals surface area (Å²) in [7, 11) is 0. The van der Waals surface area contributed by atoms with Gasteiger partial charge in [-0.05, 0) is 42.8 Å². The van der Waals surface area contributed by atoms with Crippen LogP contribution in [0.25, 0.3) is 0 Å². The number of imidazole rings is 1. The number of amides is 2. The molecule has 0 aliphatic rings. The minimum absolute atomic E-state index is 0.116. The zero-order chi connectivity index (χ0) is 25.5. The number of carbonyl (C=O) groups is 2. The van der Waals surface area contributed by atoms with Crippen molar-refractivity contribution < 1.29 is 31.9 Å². The lowest BCUT2D eigenvalue weighted by Gasteiger charge is -2.09. The minimum Gasteiger partial charge on any atom is -0.432 e. The molecule has 0 spiro atoms. The van der Waals surface area contributed by atoms with E-state index < -0.39 is 29.9 Å². The van der Waals surface area contributed by atoms with Crippen molar-refractivity contribution in [3.63, 3.8) is 0 Å². The molecule has 0 aliphatic carbocycles. The van der Waals surface area contributed by atoms with Crippen LogP contribution in [-0.2, 0) is 6.42 Å². The highest BCUT2D eigenvalue weighted by atomic mass is 35.5. The van der Waals surface area contributed by atoms with Crippen molar-refractivity contribution in [1.82, 2.24) is 15.3 Å². The number of aromatic nitrogens is 2. The number of nitrogens with zero attached hydrogens (tertiary/aromatic N) is 1. The van der Waals surface area contributed by atoms with Crippen molar-refractivity contribution in [1.29, 1.82) is 0 Å². The SMILES string of the molecule is NCCCNC(=O)c1ccc(NC(=O)c2ncc(Cc3ccc(OC(F)F)c(F)c3F)[nH]2)cc1Cl. The van der Waals surface area contributed by atoms with Crippen LogP contribution in [0.3, 0.4) is 0 Å². The van der Waals surface area contributed by atoms with Crippen LogP contribution >= 0.6 is 11.6 Å². The second-order valence-electron chi connectivity index (χ2n) is 7.21. The molecular formula is C22H20ClF4N5O3. The molecule has 0 radical (unpaired) electrons. The van der Waals surface area contributed by atoms with Crippen LogP contribution in [0.15, 0.2) is 36.5 Å². The number of nitrogens with one attached hydrogen (secondary N) is 3. The third kappa shape index (κ3) is 6.70. The number of H-pyrrole nitrogens is 1. The quantitative estimate of drug-likeness (QED) is 0.242. The van der Waals surface area contributed by atoms with Crippen molar-refractivity contribution >= 4 is 29.1 Å². The lowest BCUT2D eigenvalue weighted by Crippen LogP contribution is -2.26. The first kappa shape index (κ1) is 26.0. The first-order chi connectivity index (χ1) is 16.7. The Kier molecular flexibility index (Phi) is 8.66. The summed E-state index contributed by atoms with van der Waals surface area (Å²) < 4.78 is 56.6. The molecule has 2 aromatic carbocycles. The van der Waals surface area contributed by atoms with Gasteiger partial charge in [-0.2, -0.15) is 13.2 Å². The second-order valence-corrected chi connectivity index (χ2v) is 7.62. The van der Waals surface area contributed by atoms with Gasteiger partial charge in [-0.25, -0.2) is 9.37 Å². The molecule has 1 aromatic heterocycles. The average molecular weight is 514 g/mol. The molecule has 0 fully saturated rings. The van der Waals surface area contributed by atoms with Crippen LogP contribution in [0.4, 0.5) is 23.2 Å². The number of alkyl halides is 2. The molecular weight excluding hydrogens is 494 g/mol. The summed E-state index contributed by atoms with van der Waals surface area (Å²) >= 11 is 6.15. The summed E-state index contributed by atoms with van der Waals surface area (Å²) in [5, 5.41) is 5.34. The Bertz CT molecular complexity index is 1220. The number of ether oxygens (including phenoxy) is 1. The summed E-state index contributed by atoms with van der Waals surface area (Å²) in [4.78, 5) is 31.2. The smallest absolute Gasteiger partial charge is 0.387 e. The molecule has 3 rings (SSSR count). The maximum Gasteiger partial charge on any atom is 0.387 e. The lowest BCUT2D eigenvalue weighted by molar-refractivity contribution is -0.0525. The molecule has 13 heteroatoms. The number of hydrogen-bond donors (Lipinski definition) is 4. The molecule has 186 valence electrons. The molecule has 0 aliphatic heterocycles. The minimum atomic E-state index is -3.30. The van der Waals surface area contributed by atoms with Gasteiger partial charge in [0.25, 0.3) is 11.8 Å². The number of hydrogen-bond acceptors (Lipinski definition) is 5. The van der Waals surface area contributed by atoms with Gasteiger partial charge >= 0.3 is 6.61 Å². The number of rotatable bonds is 10. The van der Waals surface area contributed by atoms with E-state index in [0.717, 1.165) is 12.1 Å². The van der Waals surface area contributed by atoms with Gasteiger partial charge in [0.15, 0.2) is 17.4 Å². The third-order valence-corrected chi connectivity index (χ3v) is 5.02. The van der Waals surface area contributed by atoms with Gasteiger partial charge in [0.1, 0.15) is 0 Å². The van der Waals surface area contributed by atoms with Crippen molar-refractivity contribution in [3.05, 3.63) is 75.8 Å². The highest BCUT2D eigenvalue weighted by Gasteiger charge is 2.19. The maximum absolute atomic E-state index is 14.2. The number of halogens is 5. The fraction of sp³-hybridized carbons (Fsp3) is 0.227. The van der Waals surface area contributed by atoms with E-state index in [4.69, 9.17) is 17.3 Å². The average Bonchev–Trinajstić information content (AvgIpc) is 3.27. The van der Waals surface area contributed by atoms with E-state index >= 15 is 0 Å². The van der Waals surface area contributed by atoms with E-state index in [1.807, 2.05) is 0 Å². The van der Waals surface area contributed by atoms with Gasteiger partial charge in [-0.1, -0.05) is 17.7 Å². The number of nitrogens with two attached hydrogens (primary N) is 1. The maximum atomic E-state index is 14.2. The molecule has 0 saturated heterocycles. The third-order valence-electron chi connectivity index (χ3n) is 4.71. The summed E-state index contributed by atoms with van der Waals surface area (Å²) in [6.45, 7) is -2.47.